The Labute approximate surface area is 242 Å². The standard InChI is InChI=1S/C32H28N4O4S/c1-21-7-5-8-22(17-21)18-28(36-31(39)24-9-3-2-4-10-24)32(40)35-26-11-6-12-27(19-26)41-20-29(37)34-25-15-13-23(14-16-25)30(33)38/h2-19H,20H2,1H3,(H2,33,38)(H,34,37)(H,35,40)(H,36,39)/b28-18+. The molecule has 0 fully saturated rings. The van der Waals surface area contributed by atoms with Crippen LogP contribution in [0.25, 0.3) is 6.08 Å². The third kappa shape index (κ3) is 8.67. The molecule has 0 aromatic heterocycles. The van der Waals surface area contributed by atoms with Gasteiger partial charge in [-0.3, -0.25) is 19.2 Å². The second-order valence-electron chi connectivity index (χ2n) is 9.05. The minimum absolute atomic E-state index is 0.0873. The number of hydrogen-bond donors (Lipinski definition) is 4. The van der Waals surface area contributed by atoms with Crippen LogP contribution in [-0.2, 0) is 9.59 Å². The third-order valence-electron chi connectivity index (χ3n) is 5.80. The van der Waals surface area contributed by atoms with Crippen LogP contribution in [-0.4, -0.2) is 29.4 Å². The van der Waals surface area contributed by atoms with Gasteiger partial charge in [-0.2, -0.15) is 0 Å². The predicted molar refractivity (Wildman–Crippen MR) is 162 cm³/mol. The van der Waals surface area contributed by atoms with E-state index in [1.54, 1.807) is 72.8 Å². The first kappa shape index (κ1) is 28.8. The van der Waals surface area contributed by atoms with Crippen LogP contribution in [0.2, 0.25) is 0 Å². The molecular weight excluding hydrogens is 536 g/mol. The normalized spacial score (nSPS) is 10.9. The molecule has 4 aromatic rings. The number of thioether (sulfide) groups is 1. The molecule has 0 heterocycles. The fraction of sp³-hybridized carbons (Fsp3) is 0.0625. The summed E-state index contributed by atoms with van der Waals surface area (Å²) in [5.41, 5.74) is 8.95. The Kier molecular flexibility index (Phi) is 9.69. The average molecular weight is 565 g/mol. The van der Waals surface area contributed by atoms with Gasteiger partial charge in [0.15, 0.2) is 0 Å². The summed E-state index contributed by atoms with van der Waals surface area (Å²) in [6.45, 7) is 1.95. The van der Waals surface area contributed by atoms with Gasteiger partial charge in [-0.25, -0.2) is 0 Å². The Bertz CT molecular complexity index is 1600. The second kappa shape index (κ2) is 13.8. The molecular formula is C32H28N4O4S. The molecule has 4 amide bonds. The number of carbonyl (C=O) groups is 4. The number of anilines is 2. The number of rotatable bonds is 10. The van der Waals surface area contributed by atoms with Crippen molar-refractivity contribution in [2.24, 2.45) is 5.73 Å². The van der Waals surface area contributed by atoms with E-state index in [2.05, 4.69) is 16.0 Å². The molecule has 0 radical (unpaired) electrons. The lowest BCUT2D eigenvalue weighted by molar-refractivity contribution is -0.114. The summed E-state index contributed by atoms with van der Waals surface area (Å²) in [5.74, 6) is -1.54. The fourth-order valence-electron chi connectivity index (χ4n) is 3.79. The summed E-state index contributed by atoms with van der Waals surface area (Å²) in [5, 5.41) is 8.35. The van der Waals surface area contributed by atoms with Crippen LogP contribution in [0, 0.1) is 6.92 Å². The van der Waals surface area contributed by atoms with Gasteiger partial charge in [-0.15, -0.1) is 11.8 Å². The molecule has 4 rings (SSSR count). The number of benzene rings is 4. The van der Waals surface area contributed by atoms with Crippen LogP contribution in [0.15, 0.2) is 114 Å². The largest absolute Gasteiger partial charge is 0.366 e. The highest BCUT2D eigenvalue weighted by Gasteiger charge is 2.15. The highest BCUT2D eigenvalue weighted by Crippen LogP contribution is 2.23. The molecule has 0 aliphatic rings. The van der Waals surface area contributed by atoms with Gasteiger partial charge in [0.1, 0.15) is 5.70 Å². The SMILES string of the molecule is Cc1cccc(/C=C(/NC(=O)c2ccccc2)C(=O)Nc2cccc(SCC(=O)Nc3ccc(C(N)=O)cc3)c2)c1. The highest BCUT2D eigenvalue weighted by molar-refractivity contribution is 8.00. The Morgan fingerprint density at radius 2 is 1.49 bits per heavy atom. The van der Waals surface area contributed by atoms with Crippen LogP contribution < -0.4 is 21.7 Å². The first-order valence-corrected chi connectivity index (χ1v) is 13.6. The maximum Gasteiger partial charge on any atom is 0.272 e. The van der Waals surface area contributed by atoms with Crippen molar-refractivity contribution < 1.29 is 19.2 Å². The highest BCUT2D eigenvalue weighted by atomic mass is 32.2. The Morgan fingerprint density at radius 3 is 2.20 bits per heavy atom. The number of aryl methyl sites for hydroxylation is 1. The Hall–Kier alpha value is -5.15. The Morgan fingerprint density at radius 1 is 0.756 bits per heavy atom. The molecule has 0 atom stereocenters. The average Bonchev–Trinajstić information content (AvgIpc) is 2.96. The van der Waals surface area contributed by atoms with Crippen molar-refractivity contribution in [3.05, 3.63) is 131 Å². The topological polar surface area (TPSA) is 130 Å². The first-order valence-electron chi connectivity index (χ1n) is 12.7. The van der Waals surface area contributed by atoms with E-state index < -0.39 is 17.7 Å². The third-order valence-corrected chi connectivity index (χ3v) is 6.79. The molecule has 0 saturated heterocycles. The number of primary amides is 1. The van der Waals surface area contributed by atoms with Crippen molar-refractivity contribution in [1.29, 1.82) is 0 Å². The van der Waals surface area contributed by atoms with Crippen molar-refractivity contribution in [2.45, 2.75) is 11.8 Å². The number of nitrogens with one attached hydrogen (secondary N) is 3. The smallest absolute Gasteiger partial charge is 0.272 e. The fourth-order valence-corrected chi connectivity index (χ4v) is 4.55. The van der Waals surface area contributed by atoms with Gasteiger partial charge in [-0.1, -0.05) is 54.1 Å². The molecule has 0 saturated carbocycles. The molecule has 5 N–H and O–H groups in total. The van der Waals surface area contributed by atoms with Crippen LogP contribution >= 0.6 is 11.8 Å². The minimum Gasteiger partial charge on any atom is -0.366 e. The maximum atomic E-state index is 13.3. The number of amides is 4. The van der Waals surface area contributed by atoms with Gasteiger partial charge in [0, 0.05) is 27.4 Å². The van der Waals surface area contributed by atoms with Crippen LogP contribution in [0.4, 0.5) is 11.4 Å². The van der Waals surface area contributed by atoms with Crippen molar-refractivity contribution in [1.82, 2.24) is 5.32 Å². The summed E-state index contributed by atoms with van der Waals surface area (Å²) in [6.07, 6.45) is 1.63. The lowest BCUT2D eigenvalue weighted by atomic mass is 10.1. The van der Waals surface area contributed by atoms with Gasteiger partial charge in [-0.05, 0) is 73.2 Å². The van der Waals surface area contributed by atoms with E-state index in [9.17, 15) is 19.2 Å². The zero-order chi connectivity index (χ0) is 29.2. The molecule has 9 heteroatoms. The molecule has 4 aromatic carbocycles. The van der Waals surface area contributed by atoms with E-state index in [-0.39, 0.29) is 17.4 Å². The molecule has 206 valence electrons. The molecule has 41 heavy (non-hydrogen) atoms. The maximum absolute atomic E-state index is 13.3. The van der Waals surface area contributed by atoms with E-state index in [0.717, 1.165) is 16.0 Å². The summed E-state index contributed by atoms with van der Waals surface area (Å²) in [4.78, 5) is 50.6. The summed E-state index contributed by atoms with van der Waals surface area (Å²) in [6, 6.07) is 29.6. The predicted octanol–water partition coefficient (Wildman–Crippen LogP) is 5.23. The zero-order valence-electron chi connectivity index (χ0n) is 22.2. The summed E-state index contributed by atoms with van der Waals surface area (Å²) < 4.78 is 0. The second-order valence-corrected chi connectivity index (χ2v) is 10.1. The van der Waals surface area contributed by atoms with E-state index in [1.807, 2.05) is 43.3 Å². The van der Waals surface area contributed by atoms with Crippen molar-refractivity contribution in [2.75, 3.05) is 16.4 Å². The number of carbonyl (C=O) groups excluding carboxylic acids is 4. The molecule has 0 bridgehead atoms. The van der Waals surface area contributed by atoms with Crippen molar-refractivity contribution in [3.8, 4) is 0 Å². The van der Waals surface area contributed by atoms with E-state index >= 15 is 0 Å². The summed E-state index contributed by atoms with van der Waals surface area (Å²) in [7, 11) is 0. The van der Waals surface area contributed by atoms with Gasteiger partial charge < -0.3 is 21.7 Å². The lowest BCUT2D eigenvalue weighted by Crippen LogP contribution is -2.30. The van der Waals surface area contributed by atoms with E-state index in [4.69, 9.17) is 5.73 Å². The van der Waals surface area contributed by atoms with Gasteiger partial charge in [0.05, 0.1) is 5.75 Å². The van der Waals surface area contributed by atoms with Crippen molar-refractivity contribution >= 4 is 52.8 Å². The molecule has 0 aliphatic heterocycles. The van der Waals surface area contributed by atoms with E-state index in [0.29, 0.717) is 22.5 Å². The van der Waals surface area contributed by atoms with Crippen LogP contribution in [0.5, 0.6) is 0 Å². The number of hydrogen-bond acceptors (Lipinski definition) is 5. The van der Waals surface area contributed by atoms with Crippen molar-refractivity contribution in [3.63, 3.8) is 0 Å². The molecule has 0 unspecified atom stereocenters. The molecule has 0 spiro atoms. The monoisotopic (exact) mass is 564 g/mol. The van der Waals surface area contributed by atoms with Crippen LogP contribution in [0.1, 0.15) is 31.8 Å². The van der Waals surface area contributed by atoms with Gasteiger partial charge in [0.25, 0.3) is 11.8 Å². The molecule has 0 aliphatic carbocycles. The Balaban J connectivity index is 1.42. The minimum atomic E-state index is -0.540. The lowest BCUT2D eigenvalue weighted by Gasteiger charge is -2.12. The van der Waals surface area contributed by atoms with Crippen LogP contribution in [0.3, 0.4) is 0 Å². The van der Waals surface area contributed by atoms with Gasteiger partial charge >= 0.3 is 0 Å². The zero-order valence-corrected chi connectivity index (χ0v) is 23.0. The summed E-state index contributed by atoms with van der Waals surface area (Å²) >= 11 is 1.30. The first-order chi connectivity index (χ1) is 19.8. The van der Waals surface area contributed by atoms with E-state index in [1.165, 1.54) is 11.8 Å². The number of nitrogens with two attached hydrogens (primary N) is 1. The quantitative estimate of drug-likeness (QED) is 0.155. The molecule has 8 nitrogen and oxygen atoms in total. The van der Waals surface area contributed by atoms with Gasteiger partial charge in [0.2, 0.25) is 11.8 Å².